The molecule has 0 bridgehead atoms. The van der Waals surface area contributed by atoms with Gasteiger partial charge in [0.15, 0.2) is 0 Å². The molecule has 1 saturated heterocycles. The molecule has 0 unspecified atom stereocenters. The van der Waals surface area contributed by atoms with Gasteiger partial charge in [-0.3, -0.25) is 25.1 Å². The summed E-state index contributed by atoms with van der Waals surface area (Å²) in [6.45, 7) is 0.227. The van der Waals surface area contributed by atoms with Crippen LogP contribution in [0.4, 0.5) is 11.4 Å². The first-order chi connectivity index (χ1) is 15.0. The third-order valence-electron chi connectivity index (χ3n) is 4.65. The Balaban J connectivity index is 1.67. The quantitative estimate of drug-likeness (QED) is 0.287. The van der Waals surface area contributed by atoms with E-state index in [1.807, 2.05) is 30.3 Å². The number of nitrogens with one attached hydrogen (secondary N) is 1. The van der Waals surface area contributed by atoms with Gasteiger partial charge in [-0.1, -0.05) is 48.5 Å². The summed E-state index contributed by atoms with van der Waals surface area (Å²) in [5.74, 6) is -0.841. The topological polar surface area (TPSA) is 102 Å². The molecule has 1 aliphatic rings. The maximum absolute atomic E-state index is 12.8. The minimum atomic E-state index is -0.602. The van der Waals surface area contributed by atoms with Crippen molar-refractivity contribution in [3.63, 3.8) is 0 Å². The molecule has 1 heterocycles. The molecule has 0 aromatic heterocycles. The number of ether oxygens (including phenoxy) is 1. The summed E-state index contributed by atoms with van der Waals surface area (Å²) in [7, 11) is 0. The summed E-state index contributed by atoms with van der Waals surface area (Å²) < 4.78 is 5.83. The maximum atomic E-state index is 12.8. The predicted molar refractivity (Wildman–Crippen MR) is 114 cm³/mol. The number of non-ortho nitro benzene ring substituents is 1. The van der Waals surface area contributed by atoms with Crippen LogP contribution in [0.5, 0.6) is 5.75 Å². The first-order valence-corrected chi connectivity index (χ1v) is 9.40. The first kappa shape index (κ1) is 19.8. The van der Waals surface area contributed by atoms with Crippen LogP contribution in [0.25, 0.3) is 6.08 Å². The molecule has 8 heteroatoms. The molecule has 1 aliphatic heterocycles. The lowest BCUT2D eigenvalue weighted by Gasteiger charge is -2.14. The van der Waals surface area contributed by atoms with Crippen LogP contribution in [-0.4, -0.2) is 16.7 Å². The van der Waals surface area contributed by atoms with Gasteiger partial charge in [-0.05, 0) is 29.8 Å². The Kier molecular flexibility index (Phi) is 5.44. The van der Waals surface area contributed by atoms with E-state index in [2.05, 4.69) is 5.43 Å². The second-order valence-electron chi connectivity index (χ2n) is 6.73. The number of para-hydroxylation sites is 1. The smallest absolute Gasteiger partial charge is 0.282 e. The minimum absolute atomic E-state index is 0.145. The SMILES string of the molecule is O=C1NN(c2ccccc2)C(=O)/C1=C/c1cc([N+](=O)[O-])ccc1OCc1ccccc1. The zero-order valence-corrected chi connectivity index (χ0v) is 16.2. The van der Waals surface area contributed by atoms with E-state index in [1.165, 1.54) is 24.3 Å². The maximum Gasteiger partial charge on any atom is 0.282 e. The summed E-state index contributed by atoms with van der Waals surface area (Å²) in [6, 6.07) is 22.1. The Hall–Kier alpha value is -4.46. The molecule has 1 N–H and O–H groups in total. The number of nitrogens with zero attached hydrogens (tertiary/aromatic N) is 2. The van der Waals surface area contributed by atoms with Gasteiger partial charge in [-0.2, -0.15) is 0 Å². The molecule has 2 amide bonds. The standard InChI is InChI=1S/C23H17N3O5/c27-22-20(23(28)25(24-22)18-9-5-2-6-10-18)14-17-13-19(26(29)30)11-12-21(17)31-15-16-7-3-1-4-8-16/h1-14H,15H2,(H,24,27)/b20-14+. The fourth-order valence-corrected chi connectivity index (χ4v) is 3.10. The van der Waals surface area contributed by atoms with Crippen molar-refractivity contribution in [1.82, 2.24) is 5.43 Å². The van der Waals surface area contributed by atoms with E-state index in [4.69, 9.17) is 4.74 Å². The van der Waals surface area contributed by atoms with Gasteiger partial charge < -0.3 is 4.74 Å². The number of hydrogen-bond acceptors (Lipinski definition) is 5. The number of rotatable bonds is 6. The van der Waals surface area contributed by atoms with Gasteiger partial charge in [0.25, 0.3) is 17.5 Å². The molecular weight excluding hydrogens is 398 g/mol. The molecule has 8 nitrogen and oxygen atoms in total. The van der Waals surface area contributed by atoms with Crippen LogP contribution in [0.2, 0.25) is 0 Å². The highest BCUT2D eigenvalue weighted by atomic mass is 16.6. The number of carbonyl (C=O) groups is 2. The van der Waals surface area contributed by atoms with Gasteiger partial charge in [0.2, 0.25) is 0 Å². The van der Waals surface area contributed by atoms with Crippen molar-refractivity contribution in [1.29, 1.82) is 0 Å². The van der Waals surface area contributed by atoms with Gasteiger partial charge in [0, 0.05) is 17.7 Å². The molecule has 3 aromatic rings. The zero-order chi connectivity index (χ0) is 21.8. The van der Waals surface area contributed by atoms with Gasteiger partial charge >= 0.3 is 0 Å². The van der Waals surface area contributed by atoms with Crippen LogP contribution in [0.3, 0.4) is 0 Å². The fraction of sp³-hybridized carbons (Fsp3) is 0.0435. The predicted octanol–water partition coefficient (Wildman–Crippen LogP) is 3.64. The summed E-state index contributed by atoms with van der Waals surface area (Å²) in [5, 5.41) is 12.4. The van der Waals surface area contributed by atoms with Crippen LogP contribution < -0.4 is 15.2 Å². The summed E-state index contributed by atoms with van der Waals surface area (Å²) in [4.78, 5) is 36.0. The molecule has 0 saturated carbocycles. The molecule has 1 fully saturated rings. The van der Waals surface area contributed by atoms with Crippen molar-refractivity contribution >= 4 is 29.3 Å². The Bertz CT molecular complexity index is 1180. The van der Waals surface area contributed by atoms with E-state index < -0.39 is 16.7 Å². The Labute approximate surface area is 177 Å². The van der Waals surface area contributed by atoms with Crippen molar-refractivity contribution in [3.05, 3.63) is 106 Å². The minimum Gasteiger partial charge on any atom is -0.488 e. The lowest BCUT2D eigenvalue weighted by atomic mass is 10.1. The molecule has 154 valence electrons. The number of benzene rings is 3. The van der Waals surface area contributed by atoms with Crippen LogP contribution in [0.1, 0.15) is 11.1 Å². The molecular formula is C23H17N3O5. The lowest BCUT2D eigenvalue weighted by molar-refractivity contribution is -0.384. The Morgan fingerprint density at radius 3 is 2.32 bits per heavy atom. The summed E-state index contributed by atoms with van der Waals surface area (Å²) >= 11 is 0. The number of hydrogen-bond donors (Lipinski definition) is 1. The highest BCUT2D eigenvalue weighted by Gasteiger charge is 2.34. The summed E-state index contributed by atoms with van der Waals surface area (Å²) in [5.41, 5.74) is 3.86. The molecule has 0 atom stereocenters. The Morgan fingerprint density at radius 1 is 0.968 bits per heavy atom. The van der Waals surface area contributed by atoms with Crippen molar-refractivity contribution < 1.29 is 19.2 Å². The van der Waals surface area contributed by atoms with Crippen LogP contribution in [0, 0.1) is 10.1 Å². The molecule has 0 aliphatic carbocycles. The van der Waals surface area contributed by atoms with E-state index in [-0.39, 0.29) is 23.4 Å². The van der Waals surface area contributed by atoms with E-state index in [1.54, 1.807) is 30.3 Å². The van der Waals surface area contributed by atoms with Crippen molar-refractivity contribution in [2.45, 2.75) is 6.61 Å². The van der Waals surface area contributed by atoms with Crippen LogP contribution >= 0.6 is 0 Å². The Morgan fingerprint density at radius 2 is 1.65 bits per heavy atom. The van der Waals surface area contributed by atoms with Gasteiger partial charge in [-0.15, -0.1) is 0 Å². The number of carbonyl (C=O) groups excluding carboxylic acids is 2. The second kappa shape index (κ2) is 8.50. The summed E-state index contributed by atoms with van der Waals surface area (Å²) in [6.07, 6.45) is 1.31. The van der Waals surface area contributed by atoms with E-state index in [0.717, 1.165) is 10.6 Å². The number of hydrazine groups is 1. The van der Waals surface area contributed by atoms with Crippen molar-refractivity contribution in [2.75, 3.05) is 5.01 Å². The number of nitro groups is 1. The van der Waals surface area contributed by atoms with Gasteiger partial charge in [-0.25, -0.2) is 5.01 Å². The lowest BCUT2D eigenvalue weighted by Crippen LogP contribution is -2.35. The average molecular weight is 415 g/mol. The first-order valence-electron chi connectivity index (χ1n) is 9.40. The molecule has 0 spiro atoms. The third-order valence-corrected chi connectivity index (χ3v) is 4.65. The molecule has 3 aromatic carbocycles. The average Bonchev–Trinajstić information content (AvgIpc) is 3.07. The second-order valence-corrected chi connectivity index (χ2v) is 6.73. The molecule has 0 radical (unpaired) electrons. The van der Waals surface area contributed by atoms with Crippen molar-refractivity contribution in [3.8, 4) is 5.75 Å². The van der Waals surface area contributed by atoms with Gasteiger partial charge in [0.05, 0.1) is 10.6 Å². The van der Waals surface area contributed by atoms with E-state index >= 15 is 0 Å². The molecule has 4 rings (SSSR count). The zero-order valence-electron chi connectivity index (χ0n) is 16.2. The van der Waals surface area contributed by atoms with Crippen LogP contribution in [-0.2, 0) is 16.2 Å². The van der Waals surface area contributed by atoms with E-state index in [0.29, 0.717) is 11.4 Å². The largest absolute Gasteiger partial charge is 0.488 e. The fourth-order valence-electron chi connectivity index (χ4n) is 3.10. The van der Waals surface area contributed by atoms with Crippen LogP contribution in [0.15, 0.2) is 84.4 Å². The van der Waals surface area contributed by atoms with E-state index in [9.17, 15) is 19.7 Å². The highest BCUT2D eigenvalue weighted by Crippen LogP contribution is 2.29. The monoisotopic (exact) mass is 415 g/mol. The highest BCUT2D eigenvalue weighted by molar-refractivity contribution is 6.31. The van der Waals surface area contributed by atoms with Crippen molar-refractivity contribution in [2.24, 2.45) is 0 Å². The van der Waals surface area contributed by atoms with Gasteiger partial charge in [0.1, 0.15) is 17.9 Å². The number of anilines is 1. The normalized spacial score (nSPS) is 14.6. The third kappa shape index (κ3) is 4.27. The number of amides is 2. The number of nitro benzene ring substituents is 1. The molecule has 31 heavy (non-hydrogen) atoms.